The molecule has 0 heterocycles. The summed E-state index contributed by atoms with van der Waals surface area (Å²) in [7, 11) is 1.75. The zero-order valence-electron chi connectivity index (χ0n) is 13.6. The van der Waals surface area contributed by atoms with Gasteiger partial charge < -0.3 is 10.6 Å². The molecule has 2 aromatic carbocycles. The summed E-state index contributed by atoms with van der Waals surface area (Å²) < 4.78 is 0. The molecule has 2 rings (SSSR count). The van der Waals surface area contributed by atoms with Crippen LogP contribution in [0.1, 0.15) is 35.3 Å². The van der Waals surface area contributed by atoms with Crippen LogP contribution < -0.4 is 10.6 Å². The highest BCUT2D eigenvalue weighted by atomic mass is 35.5. The van der Waals surface area contributed by atoms with Gasteiger partial charge in [0.1, 0.15) is 0 Å². The molecule has 0 aliphatic heterocycles. The molecule has 0 aromatic heterocycles. The second kappa shape index (κ2) is 8.57. The van der Waals surface area contributed by atoms with Crippen LogP contribution in [0.25, 0.3) is 0 Å². The van der Waals surface area contributed by atoms with Crippen molar-refractivity contribution < 1.29 is 4.79 Å². The maximum atomic E-state index is 12.4. The molecule has 0 saturated heterocycles. The fourth-order valence-corrected chi connectivity index (χ4v) is 2.16. The highest BCUT2D eigenvalue weighted by Gasteiger charge is 2.14. The largest absolute Gasteiger partial charge is 0.326 e. The highest BCUT2D eigenvalue weighted by Crippen LogP contribution is 2.19. The van der Waals surface area contributed by atoms with Gasteiger partial charge in [-0.1, -0.05) is 31.5 Å². The number of rotatable bonds is 3. The van der Waals surface area contributed by atoms with Crippen LogP contribution in [0.5, 0.6) is 0 Å². The van der Waals surface area contributed by atoms with Crippen molar-refractivity contribution in [3.8, 4) is 0 Å². The van der Waals surface area contributed by atoms with Crippen molar-refractivity contribution in [3.63, 3.8) is 0 Å². The lowest BCUT2D eigenvalue weighted by atomic mass is 10.0. The molecule has 2 aromatic rings. The summed E-state index contributed by atoms with van der Waals surface area (Å²) in [4.78, 5) is 14.0. The van der Waals surface area contributed by atoms with Gasteiger partial charge in [-0.3, -0.25) is 4.79 Å². The van der Waals surface area contributed by atoms with Crippen LogP contribution in [0.15, 0.2) is 42.5 Å². The number of aryl methyl sites for hydroxylation is 1. The van der Waals surface area contributed by atoms with Crippen LogP contribution in [0, 0.1) is 6.92 Å². The quantitative estimate of drug-likeness (QED) is 0.911. The van der Waals surface area contributed by atoms with E-state index in [1.165, 1.54) is 0 Å². The molecule has 118 valence electrons. The molecule has 2 N–H and O–H groups in total. The van der Waals surface area contributed by atoms with Crippen LogP contribution in [-0.2, 0) is 6.54 Å². The highest BCUT2D eigenvalue weighted by molar-refractivity contribution is 6.30. The molecular formula is C18H23ClN2O. The van der Waals surface area contributed by atoms with Gasteiger partial charge in [-0.05, 0) is 54.4 Å². The Labute approximate surface area is 137 Å². The Morgan fingerprint density at radius 1 is 1.14 bits per heavy atom. The smallest absolute Gasteiger partial charge is 0.258 e. The zero-order chi connectivity index (χ0) is 16.7. The number of carbonyl (C=O) groups excluding carboxylic acids is 1. The van der Waals surface area contributed by atoms with Gasteiger partial charge in [-0.25, -0.2) is 0 Å². The summed E-state index contributed by atoms with van der Waals surface area (Å²) in [6.07, 6.45) is 0. The molecule has 1 amide bonds. The SMILES string of the molecule is CC.Cc1cc(C(=O)N(C)c2ccc(Cl)cc2)ccc1CN. The average molecular weight is 319 g/mol. The molecule has 0 spiro atoms. The summed E-state index contributed by atoms with van der Waals surface area (Å²) in [5, 5.41) is 0.651. The second-order valence-electron chi connectivity index (χ2n) is 4.69. The Kier molecular flexibility index (Phi) is 7.09. The molecule has 0 atom stereocenters. The van der Waals surface area contributed by atoms with E-state index in [0.717, 1.165) is 16.8 Å². The van der Waals surface area contributed by atoms with E-state index in [4.69, 9.17) is 17.3 Å². The Balaban J connectivity index is 0.00000116. The van der Waals surface area contributed by atoms with E-state index < -0.39 is 0 Å². The number of benzene rings is 2. The van der Waals surface area contributed by atoms with E-state index in [2.05, 4.69) is 0 Å². The lowest BCUT2D eigenvalue weighted by Gasteiger charge is -2.18. The maximum Gasteiger partial charge on any atom is 0.258 e. The molecule has 0 aliphatic carbocycles. The number of hydrogen-bond acceptors (Lipinski definition) is 2. The number of nitrogens with two attached hydrogens (primary N) is 1. The molecule has 4 heteroatoms. The summed E-state index contributed by atoms with van der Waals surface area (Å²) >= 11 is 5.85. The first kappa shape index (κ1) is 18.2. The molecule has 0 saturated carbocycles. The maximum absolute atomic E-state index is 12.4. The van der Waals surface area contributed by atoms with E-state index >= 15 is 0 Å². The van der Waals surface area contributed by atoms with Gasteiger partial charge >= 0.3 is 0 Å². The molecule has 3 nitrogen and oxygen atoms in total. The number of halogens is 1. The number of nitrogens with zero attached hydrogens (tertiary/aromatic N) is 1. The van der Waals surface area contributed by atoms with Gasteiger partial charge in [0.15, 0.2) is 0 Å². The number of carbonyl (C=O) groups is 1. The summed E-state index contributed by atoms with van der Waals surface area (Å²) in [5.74, 6) is -0.0565. The third-order valence-corrected chi connectivity index (χ3v) is 3.58. The van der Waals surface area contributed by atoms with Crippen molar-refractivity contribution in [3.05, 3.63) is 64.2 Å². The summed E-state index contributed by atoms with van der Waals surface area (Å²) in [6, 6.07) is 12.8. The molecule has 0 unspecified atom stereocenters. The van der Waals surface area contributed by atoms with Crippen molar-refractivity contribution in [1.82, 2.24) is 0 Å². The van der Waals surface area contributed by atoms with Crippen LogP contribution in [-0.4, -0.2) is 13.0 Å². The van der Waals surface area contributed by atoms with Gasteiger partial charge in [0.2, 0.25) is 0 Å². The lowest BCUT2D eigenvalue weighted by molar-refractivity contribution is 0.0993. The fraction of sp³-hybridized carbons (Fsp3) is 0.278. The third kappa shape index (κ3) is 4.33. The van der Waals surface area contributed by atoms with Gasteiger partial charge in [0, 0.05) is 29.9 Å². The Bertz CT molecular complexity index is 623. The van der Waals surface area contributed by atoms with E-state index in [9.17, 15) is 4.79 Å². The lowest BCUT2D eigenvalue weighted by Crippen LogP contribution is -2.26. The first-order valence-corrected chi connectivity index (χ1v) is 7.74. The minimum Gasteiger partial charge on any atom is -0.326 e. The Morgan fingerprint density at radius 2 is 1.73 bits per heavy atom. The second-order valence-corrected chi connectivity index (χ2v) is 5.12. The van der Waals surface area contributed by atoms with Gasteiger partial charge in [-0.2, -0.15) is 0 Å². The molecule has 0 fully saturated rings. The molecular weight excluding hydrogens is 296 g/mol. The number of amides is 1. The average Bonchev–Trinajstić information content (AvgIpc) is 2.56. The van der Waals surface area contributed by atoms with Crippen LogP contribution >= 0.6 is 11.6 Å². The van der Waals surface area contributed by atoms with E-state index in [-0.39, 0.29) is 5.91 Å². The van der Waals surface area contributed by atoms with Gasteiger partial charge in [0.05, 0.1) is 0 Å². The summed E-state index contributed by atoms with van der Waals surface area (Å²) in [5.41, 5.74) is 9.17. The zero-order valence-corrected chi connectivity index (χ0v) is 14.3. The van der Waals surface area contributed by atoms with Crippen LogP contribution in [0.3, 0.4) is 0 Å². The first-order chi connectivity index (χ1) is 10.5. The van der Waals surface area contributed by atoms with Gasteiger partial charge in [-0.15, -0.1) is 0 Å². The topological polar surface area (TPSA) is 46.3 Å². The number of anilines is 1. The Morgan fingerprint density at radius 3 is 2.23 bits per heavy atom. The van der Waals surface area contributed by atoms with Crippen molar-refractivity contribution in [2.24, 2.45) is 5.73 Å². The molecule has 22 heavy (non-hydrogen) atoms. The van der Waals surface area contributed by atoms with Crippen molar-refractivity contribution in [2.45, 2.75) is 27.3 Å². The normalized spacial score (nSPS) is 9.73. The molecule has 0 radical (unpaired) electrons. The Hall–Kier alpha value is -1.84. The van der Waals surface area contributed by atoms with Crippen molar-refractivity contribution in [1.29, 1.82) is 0 Å². The monoisotopic (exact) mass is 318 g/mol. The minimum absolute atomic E-state index is 0.0565. The first-order valence-electron chi connectivity index (χ1n) is 7.36. The van der Waals surface area contributed by atoms with Crippen LogP contribution in [0.2, 0.25) is 5.02 Å². The van der Waals surface area contributed by atoms with Gasteiger partial charge in [0.25, 0.3) is 5.91 Å². The molecule has 0 aliphatic rings. The van der Waals surface area contributed by atoms with E-state index in [1.54, 1.807) is 24.1 Å². The summed E-state index contributed by atoms with van der Waals surface area (Å²) in [6.45, 7) is 6.44. The fourth-order valence-electron chi connectivity index (χ4n) is 2.03. The minimum atomic E-state index is -0.0565. The predicted octanol–water partition coefficient (Wildman–Crippen LogP) is 4.41. The van der Waals surface area contributed by atoms with E-state index in [0.29, 0.717) is 17.1 Å². The molecule has 0 bridgehead atoms. The van der Waals surface area contributed by atoms with E-state index in [1.807, 2.05) is 51.1 Å². The van der Waals surface area contributed by atoms with Crippen molar-refractivity contribution >= 4 is 23.2 Å². The van der Waals surface area contributed by atoms with Crippen LogP contribution in [0.4, 0.5) is 5.69 Å². The number of hydrogen-bond donors (Lipinski definition) is 1. The van der Waals surface area contributed by atoms with Crippen molar-refractivity contribution in [2.75, 3.05) is 11.9 Å². The third-order valence-electron chi connectivity index (χ3n) is 3.33. The predicted molar refractivity (Wildman–Crippen MR) is 94.6 cm³/mol. The standard InChI is InChI=1S/C16H17ClN2O.C2H6/c1-11-9-12(3-4-13(11)10-18)16(20)19(2)15-7-5-14(17)6-8-15;1-2/h3-9H,10,18H2,1-2H3;1-2H3.